The minimum Gasteiger partial charge on any atom is -0.350 e. The fourth-order valence-corrected chi connectivity index (χ4v) is 2.66. The van der Waals surface area contributed by atoms with Gasteiger partial charge in [-0.2, -0.15) is 5.10 Å². The predicted octanol–water partition coefficient (Wildman–Crippen LogP) is 0.973. The van der Waals surface area contributed by atoms with Gasteiger partial charge in [0.2, 0.25) is 5.91 Å². The van der Waals surface area contributed by atoms with Crippen molar-refractivity contribution < 1.29 is 4.79 Å². The van der Waals surface area contributed by atoms with E-state index in [1.54, 1.807) is 23.3 Å². The number of halogens is 1. The van der Waals surface area contributed by atoms with Crippen molar-refractivity contribution in [3.8, 4) is 0 Å². The lowest BCUT2D eigenvalue weighted by atomic mass is 10.1. The molecular formula is C12H14BrN5O. The van der Waals surface area contributed by atoms with E-state index >= 15 is 0 Å². The number of imidazole rings is 1. The van der Waals surface area contributed by atoms with Gasteiger partial charge < -0.3 is 9.88 Å². The van der Waals surface area contributed by atoms with Gasteiger partial charge in [0.1, 0.15) is 12.4 Å². The second-order valence-electron chi connectivity index (χ2n) is 4.66. The van der Waals surface area contributed by atoms with Crippen molar-refractivity contribution in [3.05, 3.63) is 35.1 Å². The molecule has 3 heterocycles. The van der Waals surface area contributed by atoms with Gasteiger partial charge in [-0.05, 0) is 22.4 Å². The molecule has 3 rings (SSSR count). The highest BCUT2D eigenvalue weighted by atomic mass is 79.9. The number of carbonyl (C=O) groups is 1. The molecule has 0 aliphatic carbocycles. The van der Waals surface area contributed by atoms with E-state index in [0.717, 1.165) is 29.7 Å². The Balaban J connectivity index is 1.56. The highest BCUT2D eigenvalue weighted by Crippen LogP contribution is 2.13. The van der Waals surface area contributed by atoms with Crippen molar-refractivity contribution in [1.29, 1.82) is 0 Å². The largest absolute Gasteiger partial charge is 0.350 e. The van der Waals surface area contributed by atoms with E-state index in [0.29, 0.717) is 0 Å². The molecule has 1 unspecified atom stereocenters. The molecule has 6 nitrogen and oxygen atoms in total. The first-order valence-corrected chi connectivity index (χ1v) is 6.97. The Hall–Kier alpha value is -1.63. The Morgan fingerprint density at radius 1 is 1.58 bits per heavy atom. The number of hydrogen-bond donors (Lipinski definition) is 1. The Kier molecular flexibility index (Phi) is 3.37. The molecule has 1 amide bonds. The SMILES string of the molecule is O=C(Cn1cc(Br)cn1)NC1CCc2nccn2C1. The smallest absolute Gasteiger partial charge is 0.242 e. The highest BCUT2D eigenvalue weighted by Gasteiger charge is 2.20. The first-order valence-electron chi connectivity index (χ1n) is 6.18. The average Bonchev–Trinajstić information content (AvgIpc) is 2.97. The molecule has 1 aliphatic heterocycles. The molecule has 0 bridgehead atoms. The van der Waals surface area contributed by atoms with Crippen molar-refractivity contribution in [1.82, 2.24) is 24.6 Å². The van der Waals surface area contributed by atoms with Gasteiger partial charge in [-0.3, -0.25) is 9.48 Å². The number of fused-ring (bicyclic) bond motifs is 1. The number of rotatable bonds is 3. The van der Waals surface area contributed by atoms with Gasteiger partial charge in [0.25, 0.3) is 0 Å². The molecule has 100 valence electrons. The van der Waals surface area contributed by atoms with Crippen LogP contribution < -0.4 is 5.32 Å². The van der Waals surface area contributed by atoms with Gasteiger partial charge in [-0.15, -0.1) is 0 Å². The average molecular weight is 324 g/mol. The van der Waals surface area contributed by atoms with Gasteiger partial charge >= 0.3 is 0 Å². The predicted molar refractivity (Wildman–Crippen MR) is 72.4 cm³/mol. The van der Waals surface area contributed by atoms with E-state index in [2.05, 4.69) is 35.9 Å². The maximum Gasteiger partial charge on any atom is 0.242 e. The van der Waals surface area contributed by atoms with Crippen LogP contribution in [0, 0.1) is 0 Å². The molecule has 7 heteroatoms. The van der Waals surface area contributed by atoms with Crippen LogP contribution in [-0.4, -0.2) is 31.3 Å². The molecule has 0 saturated heterocycles. The first-order chi connectivity index (χ1) is 9.20. The second kappa shape index (κ2) is 5.16. The normalized spacial score (nSPS) is 18.1. The van der Waals surface area contributed by atoms with Crippen molar-refractivity contribution in [2.75, 3.05) is 0 Å². The van der Waals surface area contributed by atoms with Crippen LogP contribution in [0.15, 0.2) is 29.3 Å². The summed E-state index contributed by atoms with van der Waals surface area (Å²) in [5.41, 5.74) is 0. The van der Waals surface area contributed by atoms with Crippen LogP contribution in [0.3, 0.4) is 0 Å². The standard InChI is InChI=1S/C12H14BrN5O/c13-9-5-15-18(6-9)8-12(19)16-10-1-2-11-14-3-4-17(11)7-10/h3-6,10H,1-2,7-8H2,(H,16,19). The summed E-state index contributed by atoms with van der Waals surface area (Å²) < 4.78 is 4.59. The van der Waals surface area contributed by atoms with Crippen LogP contribution in [0.2, 0.25) is 0 Å². The summed E-state index contributed by atoms with van der Waals surface area (Å²) in [5, 5.41) is 7.11. The fourth-order valence-electron chi connectivity index (χ4n) is 2.33. The number of amides is 1. The van der Waals surface area contributed by atoms with E-state index in [4.69, 9.17) is 0 Å². The van der Waals surface area contributed by atoms with E-state index in [1.807, 2.05) is 6.20 Å². The van der Waals surface area contributed by atoms with Crippen LogP contribution in [0.1, 0.15) is 12.2 Å². The third-order valence-electron chi connectivity index (χ3n) is 3.21. The molecule has 1 atom stereocenters. The zero-order valence-electron chi connectivity index (χ0n) is 10.3. The fraction of sp³-hybridized carbons (Fsp3) is 0.417. The van der Waals surface area contributed by atoms with E-state index < -0.39 is 0 Å². The van der Waals surface area contributed by atoms with Crippen LogP contribution in [0.4, 0.5) is 0 Å². The zero-order chi connectivity index (χ0) is 13.2. The Morgan fingerprint density at radius 3 is 3.26 bits per heavy atom. The van der Waals surface area contributed by atoms with E-state index in [9.17, 15) is 4.79 Å². The van der Waals surface area contributed by atoms with Crippen molar-refractivity contribution in [2.45, 2.75) is 32.0 Å². The lowest BCUT2D eigenvalue weighted by Crippen LogP contribution is -2.42. The summed E-state index contributed by atoms with van der Waals surface area (Å²) >= 11 is 3.31. The van der Waals surface area contributed by atoms with Gasteiger partial charge in [0.05, 0.1) is 10.7 Å². The first kappa shape index (κ1) is 12.4. The monoisotopic (exact) mass is 323 g/mol. The summed E-state index contributed by atoms with van der Waals surface area (Å²) in [5.74, 6) is 1.09. The summed E-state index contributed by atoms with van der Waals surface area (Å²) in [4.78, 5) is 16.2. The minimum absolute atomic E-state index is 0.0100. The molecular weight excluding hydrogens is 310 g/mol. The molecule has 0 fully saturated rings. The van der Waals surface area contributed by atoms with Crippen molar-refractivity contribution in [2.24, 2.45) is 0 Å². The molecule has 19 heavy (non-hydrogen) atoms. The third-order valence-corrected chi connectivity index (χ3v) is 3.62. The minimum atomic E-state index is -0.0100. The lowest BCUT2D eigenvalue weighted by Gasteiger charge is -2.24. The zero-order valence-corrected chi connectivity index (χ0v) is 11.9. The lowest BCUT2D eigenvalue weighted by molar-refractivity contribution is -0.122. The van der Waals surface area contributed by atoms with E-state index in [1.165, 1.54) is 0 Å². The number of carbonyl (C=O) groups excluding carboxylic acids is 1. The number of nitrogens with zero attached hydrogens (tertiary/aromatic N) is 4. The Bertz CT molecular complexity index is 590. The third kappa shape index (κ3) is 2.86. The molecule has 2 aromatic rings. The highest BCUT2D eigenvalue weighted by molar-refractivity contribution is 9.10. The van der Waals surface area contributed by atoms with Crippen LogP contribution in [0.5, 0.6) is 0 Å². The molecule has 0 saturated carbocycles. The summed E-state index contributed by atoms with van der Waals surface area (Å²) in [6.45, 7) is 1.04. The molecule has 0 spiro atoms. The molecule has 0 aromatic carbocycles. The van der Waals surface area contributed by atoms with E-state index in [-0.39, 0.29) is 18.5 Å². The number of nitrogens with one attached hydrogen (secondary N) is 1. The Morgan fingerprint density at radius 2 is 2.47 bits per heavy atom. The molecule has 2 aromatic heterocycles. The van der Waals surface area contributed by atoms with Gasteiger partial charge in [0.15, 0.2) is 0 Å². The Labute approximate surface area is 118 Å². The van der Waals surface area contributed by atoms with Crippen LogP contribution >= 0.6 is 15.9 Å². The number of aromatic nitrogens is 4. The molecule has 0 radical (unpaired) electrons. The molecule has 1 N–H and O–H groups in total. The topological polar surface area (TPSA) is 64.7 Å². The summed E-state index contributed by atoms with van der Waals surface area (Å²) in [6.07, 6.45) is 9.07. The van der Waals surface area contributed by atoms with Crippen molar-refractivity contribution in [3.63, 3.8) is 0 Å². The molecule has 1 aliphatic rings. The maximum absolute atomic E-state index is 11.9. The van der Waals surface area contributed by atoms with Crippen LogP contribution in [0.25, 0.3) is 0 Å². The summed E-state index contributed by atoms with van der Waals surface area (Å²) in [7, 11) is 0. The van der Waals surface area contributed by atoms with Crippen molar-refractivity contribution >= 4 is 21.8 Å². The van der Waals surface area contributed by atoms with Gasteiger partial charge in [-0.25, -0.2) is 4.98 Å². The summed E-state index contributed by atoms with van der Waals surface area (Å²) in [6, 6.07) is 0.174. The van der Waals surface area contributed by atoms with Gasteiger partial charge in [0, 0.05) is 37.6 Å². The number of hydrogen-bond acceptors (Lipinski definition) is 3. The second-order valence-corrected chi connectivity index (χ2v) is 5.57. The quantitative estimate of drug-likeness (QED) is 0.915. The van der Waals surface area contributed by atoms with Crippen LogP contribution in [-0.2, 0) is 24.3 Å². The van der Waals surface area contributed by atoms with Gasteiger partial charge in [-0.1, -0.05) is 0 Å². The number of aryl methyl sites for hydroxylation is 1. The maximum atomic E-state index is 11.9.